The Bertz CT molecular complexity index is 1500. The Kier molecular flexibility index (Phi) is 5.62. The molecular formula is C27H18ClNO6. The van der Waals surface area contributed by atoms with Crippen molar-refractivity contribution in [1.82, 2.24) is 0 Å². The van der Waals surface area contributed by atoms with Crippen LogP contribution in [-0.2, 0) is 16.0 Å². The van der Waals surface area contributed by atoms with Crippen molar-refractivity contribution in [1.29, 1.82) is 0 Å². The summed E-state index contributed by atoms with van der Waals surface area (Å²) < 4.78 is 5.72. The second-order valence-corrected chi connectivity index (χ2v) is 8.55. The van der Waals surface area contributed by atoms with Crippen molar-refractivity contribution in [2.75, 3.05) is 4.90 Å². The molecule has 1 atom stereocenters. The average Bonchev–Trinajstić information content (AvgIpc) is 3.38. The first kappa shape index (κ1) is 22.4. The number of amides is 1. The predicted octanol–water partition coefficient (Wildman–Crippen LogP) is 5.50. The molecule has 3 aromatic carbocycles. The Morgan fingerprint density at radius 2 is 1.69 bits per heavy atom. The Labute approximate surface area is 204 Å². The van der Waals surface area contributed by atoms with Crippen LogP contribution in [-0.4, -0.2) is 27.9 Å². The van der Waals surface area contributed by atoms with Crippen molar-refractivity contribution in [2.45, 2.75) is 12.5 Å². The third-order valence-electron chi connectivity index (χ3n) is 5.84. The summed E-state index contributed by atoms with van der Waals surface area (Å²) in [5, 5.41) is 21.0. The molecule has 7 nitrogen and oxygen atoms in total. The highest BCUT2D eigenvalue weighted by atomic mass is 35.5. The topological polar surface area (TPSA) is 108 Å². The van der Waals surface area contributed by atoms with Crippen molar-refractivity contribution >= 4 is 45.9 Å². The number of carboxylic acids is 1. The number of aliphatic hydroxyl groups excluding tert-OH is 1. The van der Waals surface area contributed by atoms with Gasteiger partial charge < -0.3 is 14.6 Å². The van der Waals surface area contributed by atoms with E-state index >= 15 is 0 Å². The van der Waals surface area contributed by atoms with Gasteiger partial charge in [-0.3, -0.25) is 19.3 Å². The highest BCUT2D eigenvalue weighted by molar-refractivity contribution is 6.31. The third kappa shape index (κ3) is 4.06. The van der Waals surface area contributed by atoms with Crippen molar-refractivity contribution in [2.24, 2.45) is 0 Å². The zero-order valence-electron chi connectivity index (χ0n) is 18.1. The van der Waals surface area contributed by atoms with E-state index in [2.05, 4.69) is 0 Å². The quantitative estimate of drug-likeness (QED) is 0.348. The Morgan fingerprint density at radius 3 is 2.37 bits per heavy atom. The molecule has 1 unspecified atom stereocenters. The van der Waals surface area contributed by atoms with Crippen LogP contribution in [0.3, 0.4) is 0 Å². The number of Topliss-reactive ketones (excluding diaryl/α,β-unsaturated/α-hetero) is 1. The zero-order chi connectivity index (χ0) is 24.7. The van der Waals surface area contributed by atoms with E-state index in [-0.39, 0.29) is 17.8 Å². The molecule has 0 radical (unpaired) electrons. The lowest BCUT2D eigenvalue weighted by atomic mass is 9.94. The minimum atomic E-state index is -0.975. The largest absolute Gasteiger partial charge is 0.503 e. The van der Waals surface area contributed by atoms with Crippen LogP contribution in [0.1, 0.15) is 27.7 Å². The predicted molar refractivity (Wildman–Crippen MR) is 130 cm³/mol. The second-order valence-electron chi connectivity index (χ2n) is 8.11. The maximum absolute atomic E-state index is 13.6. The van der Waals surface area contributed by atoms with Crippen molar-refractivity contribution in [3.63, 3.8) is 0 Å². The number of carbonyl (C=O) groups is 3. The van der Waals surface area contributed by atoms with Crippen molar-refractivity contribution in [3.05, 3.63) is 112 Å². The van der Waals surface area contributed by atoms with Crippen LogP contribution in [0, 0.1) is 0 Å². The van der Waals surface area contributed by atoms with Crippen LogP contribution < -0.4 is 4.90 Å². The Morgan fingerprint density at radius 1 is 0.971 bits per heavy atom. The van der Waals surface area contributed by atoms with Gasteiger partial charge >= 0.3 is 5.97 Å². The molecule has 4 aromatic rings. The number of fused-ring (bicyclic) bond motifs is 1. The lowest BCUT2D eigenvalue weighted by molar-refractivity contribution is -0.136. The molecule has 8 heteroatoms. The maximum atomic E-state index is 13.6. The fourth-order valence-electron chi connectivity index (χ4n) is 4.26. The molecule has 0 saturated carbocycles. The molecule has 0 fully saturated rings. The van der Waals surface area contributed by atoms with Gasteiger partial charge in [-0.1, -0.05) is 54.1 Å². The van der Waals surface area contributed by atoms with Gasteiger partial charge in [0.05, 0.1) is 18.0 Å². The van der Waals surface area contributed by atoms with E-state index in [0.29, 0.717) is 32.8 Å². The van der Waals surface area contributed by atoms with Gasteiger partial charge in [-0.15, -0.1) is 0 Å². The molecule has 0 aliphatic carbocycles. The summed E-state index contributed by atoms with van der Waals surface area (Å²) in [6.45, 7) is 0. The van der Waals surface area contributed by atoms with Crippen molar-refractivity contribution < 1.29 is 29.0 Å². The molecule has 0 bridgehead atoms. The van der Waals surface area contributed by atoms with E-state index in [1.807, 2.05) is 0 Å². The number of aliphatic carboxylic acids is 1. The number of rotatable bonds is 6. The fraction of sp³-hybridized carbons (Fsp3) is 0.0741. The number of carboxylic acid groups (broad SMARTS) is 1. The van der Waals surface area contributed by atoms with Crippen LogP contribution in [0.2, 0.25) is 5.02 Å². The first-order chi connectivity index (χ1) is 16.8. The fourth-order valence-corrected chi connectivity index (χ4v) is 4.44. The average molecular weight is 488 g/mol. The highest BCUT2D eigenvalue weighted by Crippen LogP contribution is 2.42. The van der Waals surface area contributed by atoms with Gasteiger partial charge in [-0.05, 0) is 47.5 Å². The van der Waals surface area contributed by atoms with Gasteiger partial charge in [0, 0.05) is 16.1 Å². The normalized spacial score (nSPS) is 15.7. The molecule has 1 aliphatic rings. The summed E-state index contributed by atoms with van der Waals surface area (Å²) in [6, 6.07) is 20.8. The molecule has 35 heavy (non-hydrogen) atoms. The molecule has 5 rings (SSSR count). The van der Waals surface area contributed by atoms with E-state index in [1.165, 1.54) is 11.0 Å². The number of carbonyl (C=O) groups excluding carboxylic acids is 2. The van der Waals surface area contributed by atoms with Gasteiger partial charge in [0.25, 0.3) is 5.91 Å². The van der Waals surface area contributed by atoms with Crippen LogP contribution in [0.15, 0.2) is 94.6 Å². The first-order valence-corrected chi connectivity index (χ1v) is 11.1. The number of nitrogens with zero attached hydrogens (tertiary/aromatic N) is 1. The maximum Gasteiger partial charge on any atom is 0.307 e. The molecule has 0 spiro atoms. The summed E-state index contributed by atoms with van der Waals surface area (Å²) in [7, 11) is 0. The van der Waals surface area contributed by atoms with E-state index in [0.717, 1.165) is 0 Å². The SMILES string of the molecule is O=C(O)Cc1ccc(N2C(=O)C(O)=C(C(=O)c3cc4cc(Cl)ccc4o3)C2c2ccccc2)cc1. The minimum Gasteiger partial charge on any atom is -0.503 e. The smallest absolute Gasteiger partial charge is 0.307 e. The number of aliphatic hydroxyl groups is 1. The molecule has 174 valence electrons. The summed E-state index contributed by atoms with van der Waals surface area (Å²) in [5.74, 6) is -3.04. The lowest BCUT2D eigenvalue weighted by Crippen LogP contribution is -2.31. The first-order valence-electron chi connectivity index (χ1n) is 10.7. The standard InChI is InChI=1S/C27H18ClNO6/c28-18-8-11-20-17(13-18)14-21(35-20)25(32)23-24(16-4-2-1-3-5-16)29(27(34)26(23)33)19-9-6-15(7-10-19)12-22(30)31/h1-11,13-14,24,33H,12H2,(H,30,31). The summed E-state index contributed by atoms with van der Waals surface area (Å²) in [6.07, 6.45) is -0.167. The van der Waals surface area contributed by atoms with Gasteiger partial charge in [0.2, 0.25) is 5.78 Å². The number of halogens is 1. The molecule has 0 saturated heterocycles. The zero-order valence-corrected chi connectivity index (χ0v) is 18.9. The molecular weight excluding hydrogens is 470 g/mol. The van der Waals surface area contributed by atoms with E-state index < -0.39 is 29.5 Å². The van der Waals surface area contributed by atoms with E-state index in [4.69, 9.17) is 21.1 Å². The van der Waals surface area contributed by atoms with Crippen LogP contribution >= 0.6 is 11.6 Å². The van der Waals surface area contributed by atoms with Gasteiger partial charge in [0.1, 0.15) is 5.58 Å². The molecule has 1 aromatic heterocycles. The molecule has 2 heterocycles. The van der Waals surface area contributed by atoms with Crippen LogP contribution in [0.4, 0.5) is 5.69 Å². The Balaban J connectivity index is 1.59. The third-order valence-corrected chi connectivity index (χ3v) is 6.08. The minimum absolute atomic E-state index is 0.0313. The highest BCUT2D eigenvalue weighted by Gasteiger charge is 2.45. The van der Waals surface area contributed by atoms with Crippen molar-refractivity contribution in [3.8, 4) is 0 Å². The molecule has 2 N–H and O–H groups in total. The number of ketones is 1. The number of anilines is 1. The van der Waals surface area contributed by atoms with E-state index in [1.54, 1.807) is 72.8 Å². The number of furan rings is 1. The second kappa shape index (κ2) is 8.77. The number of benzene rings is 3. The molecule has 1 amide bonds. The summed E-state index contributed by atoms with van der Waals surface area (Å²) in [4.78, 5) is 39.2. The van der Waals surface area contributed by atoms with Crippen LogP contribution in [0.5, 0.6) is 0 Å². The molecule has 1 aliphatic heterocycles. The summed E-state index contributed by atoms with van der Waals surface area (Å²) in [5.41, 5.74) is 1.91. The monoisotopic (exact) mass is 487 g/mol. The van der Waals surface area contributed by atoms with Crippen LogP contribution in [0.25, 0.3) is 11.0 Å². The number of hydrogen-bond acceptors (Lipinski definition) is 5. The Hall–Kier alpha value is -4.36. The summed E-state index contributed by atoms with van der Waals surface area (Å²) >= 11 is 6.05. The van der Waals surface area contributed by atoms with Gasteiger partial charge in [-0.25, -0.2) is 0 Å². The van der Waals surface area contributed by atoms with Gasteiger partial charge in [-0.2, -0.15) is 0 Å². The van der Waals surface area contributed by atoms with E-state index in [9.17, 15) is 19.5 Å². The number of hydrogen-bond donors (Lipinski definition) is 2. The van der Waals surface area contributed by atoms with Gasteiger partial charge in [0.15, 0.2) is 11.5 Å². The lowest BCUT2D eigenvalue weighted by Gasteiger charge is -2.27.